The van der Waals surface area contributed by atoms with E-state index in [1.165, 1.54) is 18.3 Å². The van der Waals surface area contributed by atoms with Gasteiger partial charge in [-0.05, 0) is 50.1 Å². The Morgan fingerprint density at radius 1 is 0.974 bits per heavy atom. The molecule has 2 aromatic carbocycles. The van der Waals surface area contributed by atoms with E-state index in [1.807, 2.05) is 47.4 Å². The average Bonchev–Trinajstić information content (AvgIpc) is 3.25. The van der Waals surface area contributed by atoms with Crippen LogP contribution in [-0.4, -0.2) is 50.2 Å². The summed E-state index contributed by atoms with van der Waals surface area (Å²) >= 11 is 0. The van der Waals surface area contributed by atoms with Crippen LogP contribution in [0.3, 0.4) is 0 Å². The first-order valence-corrected chi connectivity index (χ1v) is 15.6. The van der Waals surface area contributed by atoms with Gasteiger partial charge in [-0.2, -0.15) is 0 Å². The molecule has 0 saturated carbocycles. The van der Waals surface area contributed by atoms with Gasteiger partial charge < -0.3 is 5.32 Å². The highest BCUT2D eigenvalue weighted by atomic mass is 32.2. The molecule has 0 atom stereocenters. The maximum absolute atomic E-state index is 12.4. The van der Waals surface area contributed by atoms with Gasteiger partial charge in [-0.25, -0.2) is 36.3 Å². The van der Waals surface area contributed by atoms with E-state index >= 15 is 0 Å². The van der Waals surface area contributed by atoms with Crippen LogP contribution in [0.2, 0.25) is 0 Å². The summed E-state index contributed by atoms with van der Waals surface area (Å²) in [5.74, 6) is 0.776. The van der Waals surface area contributed by atoms with Crippen LogP contribution in [-0.2, 0) is 32.9 Å². The predicted octanol–water partition coefficient (Wildman–Crippen LogP) is 3.20. The number of rotatable bonds is 9. The van der Waals surface area contributed by atoms with E-state index in [2.05, 4.69) is 15.0 Å². The Bertz CT molecular complexity index is 1730. The van der Waals surface area contributed by atoms with Crippen LogP contribution in [0.25, 0.3) is 16.9 Å². The first-order valence-electron chi connectivity index (χ1n) is 12.2. The zero-order valence-electron chi connectivity index (χ0n) is 22.0. The second kappa shape index (κ2) is 11.0. The number of benzene rings is 2. The van der Waals surface area contributed by atoms with Crippen molar-refractivity contribution in [1.82, 2.24) is 24.6 Å². The average molecular weight is 571 g/mol. The molecule has 2 amide bonds. The van der Waals surface area contributed by atoms with Gasteiger partial charge in [-0.15, -0.1) is 0 Å². The molecular weight excluding hydrogens is 540 g/mol. The number of nitrogens with zero attached hydrogens (tertiary/aromatic N) is 3. The molecule has 2 aromatic heterocycles. The standard InChI is InChI=1S/C26H30N6O5S2/c1-5-23-29-24-18(3)22(30-38(4,34)35)16-28-25(24)32(23)20-10-8-19(9-11-20)14-15-27-26(33)31-39(36,37)21-12-6-17(2)7-13-21/h6-13,16,30H,5,14-15H2,1-4H3,(H2,27,31,33). The van der Waals surface area contributed by atoms with Gasteiger partial charge >= 0.3 is 6.03 Å². The van der Waals surface area contributed by atoms with E-state index in [0.29, 0.717) is 35.3 Å². The number of imidazole rings is 1. The summed E-state index contributed by atoms with van der Waals surface area (Å²) < 4.78 is 54.6. The van der Waals surface area contributed by atoms with Crippen LogP contribution in [0.15, 0.2) is 59.6 Å². The minimum Gasteiger partial charge on any atom is -0.337 e. The Balaban J connectivity index is 1.44. The van der Waals surface area contributed by atoms with Crippen LogP contribution in [0.4, 0.5) is 10.5 Å². The van der Waals surface area contributed by atoms with Crippen LogP contribution >= 0.6 is 0 Å². The molecule has 0 aliphatic rings. The molecule has 0 aliphatic carbocycles. The quantitative estimate of drug-likeness (QED) is 0.279. The van der Waals surface area contributed by atoms with Crippen molar-refractivity contribution in [3.05, 3.63) is 77.2 Å². The summed E-state index contributed by atoms with van der Waals surface area (Å²) in [5.41, 5.74) is 4.99. The van der Waals surface area contributed by atoms with Crippen LogP contribution in [0.1, 0.15) is 29.4 Å². The Kier molecular flexibility index (Phi) is 7.93. The lowest BCUT2D eigenvalue weighted by Gasteiger charge is -2.11. The van der Waals surface area contributed by atoms with Gasteiger partial charge in [0.15, 0.2) is 5.65 Å². The lowest BCUT2D eigenvalue weighted by molar-refractivity contribution is 0.246. The molecule has 0 bridgehead atoms. The second-order valence-corrected chi connectivity index (χ2v) is 12.6. The molecule has 0 spiro atoms. The molecule has 13 heteroatoms. The van der Waals surface area contributed by atoms with E-state index in [-0.39, 0.29) is 11.4 Å². The number of hydrogen-bond acceptors (Lipinski definition) is 7. The maximum atomic E-state index is 12.4. The second-order valence-electron chi connectivity index (χ2n) is 9.15. The molecule has 0 saturated heterocycles. The van der Waals surface area contributed by atoms with Gasteiger partial charge in [0.05, 0.1) is 23.0 Å². The minimum absolute atomic E-state index is 0.0184. The molecule has 206 valence electrons. The topological polar surface area (TPSA) is 152 Å². The number of carbonyl (C=O) groups excluding carboxylic acids is 1. The monoisotopic (exact) mass is 570 g/mol. The van der Waals surface area contributed by atoms with Gasteiger partial charge in [0.1, 0.15) is 11.3 Å². The number of fused-ring (bicyclic) bond motifs is 1. The van der Waals surface area contributed by atoms with Crippen LogP contribution < -0.4 is 14.8 Å². The number of sulfonamides is 2. The molecule has 0 unspecified atom stereocenters. The van der Waals surface area contributed by atoms with Crippen molar-refractivity contribution < 1.29 is 21.6 Å². The Morgan fingerprint density at radius 2 is 1.64 bits per heavy atom. The third kappa shape index (κ3) is 6.55. The van der Waals surface area contributed by atoms with E-state index in [1.54, 1.807) is 19.1 Å². The van der Waals surface area contributed by atoms with E-state index < -0.39 is 26.1 Å². The van der Waals surface area contributed by atoms with E-state index in [0.717, 1.165) is 28.9 Å². The SMILES string of the molecule is CCc1nc2c(C)c(NS(C)(=O)=O)cnc2n1-c1ccc(CCNC(=O)NS(=O)(=O)c2ccc(C)cc2)cc1. The Morgan fingerprint density at radius 3 is 2.26 bits per heavy atom. The van der Waals surface area contributed by atoms with Crippen molar-refractivity contribution >= 4 is 42.9 Å². The summed E-state index contributed by atoms with van der Waals surface area (Å²) in [6.07, 6.45) is 3.70. The molecule has 11 nitrogen and oxygen atoms in total. The first-order chi connectivity index (χ1) is 18.4. The van der Waals surface area contributed by atoms with Crippen molar-refractivity contribution in [3.8, 4) is 5.69 Å². The smallest absolute Gasteiger partial charge is 0.328 e. The number of aryl methyl sites for hydroxylation is 3. The van der Waals surface area contributed by atoms with E-state index in [4.69, 9.17) is 4.98 Å². The number of anilines is 1. The highest BCUT2D eigenvalue weighted by Gasteiger charge is 2.19. The van der Waals surface area contributed by atoms with Gasteiger partial charge in [0.25, 0.3) is 10.0 Å². The normalized spacial score (nSPS) is 11.9. The number of amides is 2. The molecule has 0 aliphatic heterocycles. The van der Waals surface area contributed by atoms with Crippen LogP contribution in [0, 0.1) is 13.8 Å². The number of urea groups is 1. The number of nitrogens with one attached hydrogen (secondary N) is 3. The predicted molar refractivity (Wildman–Crippen MR) is 150 cm³/mol. The number of pyridine rings is 1. The van der Waals surface area contributed by atoms with Gasteiger partial charge in [0, 0.05) is 24.2 Å². The van der Waals surface area contributed by atoms with Gasteiger partial charge in [-0.3, -0.25) is 9.29 Å². The lowest BCUT2D eigenvalue weighted by Crippen LogP contribution is -2.40. The first kappa shape index (κ1) is 28.0. The highest BCUT2D eigenvalue weighted by Crippen LogP contribution is 2.27. The lowest BCUT2D eigenvalue weighted by atomic mass is 10.1. The molecule has 4 aromatic rings. The third-order valence-corrected chi connectivity index (χ3v) is 8.00. The van der Waals surface area contributed by atoms with Crippen molar-refractivity contribution in [2.24, 2.45) is 0 Å². The third-order valence-electron chi connectivity index (χ3n) is 6.06. The van der Waals surface area contributed by atoms with Crippen molar-refractivity contribution in [2.45, 2.75) is 38.5 Å². The molecule has 3 N–H and O–H groups in total. The van der Waals surface area contributed by atoms with E-state index in [9.17, 15) is 21.6 Å². The number of aromatic nitrogens is 3. The molecular formula is C26H30N6O5S2. The molecule has 0 radical (unpaired) electrons. The van der Waals surface area contributed by atoms with Gasteiger partial charge in [0.2, 0.25) is 10.0 Å². The summed E-state index contributed by atoms with van der Waals surface area (Å²) in [6.45, 7) is 5.86. The molecule has 2 heterocycles. The molecule has 4 rings (SSSR count). The largest absolute Gasteiger partial charge is 0.337 e. The van der Waals surface area contributed by atoms with Crippen molar-refractivity contribution in [2.75, 3.05) is 17.5 Å². The Hall–Kier alpha value is -3.97. The molecule has 39 heavy (non-hydrogen) atoms. The van der Waals surface area contributed by atoms with Crippen molar-refractivity contribution in [3.63, 3.8) is 0 Å². The summed E-state index contributed by atoms with van der Waals surface area (Å²) in [7, 11) is -7.41. The summed E-state index contributed by atoms with van der Waals surface area (Å²) in [6, 6.07) is 13.1. The van der Waals surface area contributed by atoms with Gasteiger partial charge in [-0.1, -0.05) is 36.8 Å². The van der Waals surface area contributed by atoms with Crippen LogP contribution in [0.5, 0.6) is 0 Å². The highest BCUT2D eigenvalue weighted by molar-refractivity contribution is 7.92. The maximum Gasteiger partial charge on any atom is 0.328 e. The summed E-state index contributed by atoms with van der Waals surface area (Å²) in [5, 5.41) is 2.58. The Labute approximate surface area is 227 Å². The number of hydrogen-bond donors (Lipinski definition) is 3. The van der Waals surface area contributed by atoms with Crippen molar-refractivity contribution in [1.29, 1.82) is 0 Å². The molecule has 0 fully saturated rings. The fraction of sp³-hybridized carbons (Fsp3) is 0.269. The zero-order chi connectivity index (χ0) is 28.4. The fourth-order valence-electron chi connectivity index (χ4n) is 4.06. The minimum atomic E-state index is -3.95. The summed E-state index contributed by atoms with van der Waals surface area (Å²) in [4.78, 5) is 21.4. The fourth-order valence-corrected chi connectivity index (χ4v) is 5.59. The number of carbonyl (C=O) groups is 1. The zero-order valence-corrected chi connectivity index (χ0v) is 23.6.